The summed E-state index contributed by atoms with van der Waals surface area (Å²) in [6.07, 6.45) is 0.744. The van der Waals surface area contributed by atoms with Gasteiger partial charge in [0.25, 0.3) is 5.91 Å². The Morgan fingerprint density at radius 1 is 1.00 bits per heavy atom. The van der Waals surface area contributed by atoms with Gasteiger partial charge in [0.1, 0.15) is 35.3 Å². The van der Waals surface area contributed by atoms with E-state index in [2.05, 4.69) is 33.9 Å². The molecule has 57 heavy (non-hydrogen) atoms. The van der Waals surface area contributed by atoms with E-state index in [9.17, 15) is 14.0 Å². The van der Waals surface area contributed by atoms with E-state index >= 15 is 9.18 Å². The summed E-state index contributed by atoms with van der Waals surface area (Å²) < 4.78 is 56.2. The zero-order valence-corrected chi connectivity index (χ0v) is 36.1. The van der Waals surface area contributed by atoms with Crippen molar-refractivity contribution in [2.24, 2.45) is 11.8 Å². The number of imidazole rings is 1. The van der Waals surface area contributed by atoms with Gasteiger partial charge in [-0.1, -0.05) is 51.1 Å². The summed E-state index contributed by atoms with van der Waals surface area (Å²) >= 11 is 0. The Labute approximate surface area is 337 Å². The molecule has 0 saturated carbocycles. The number of carbonyl (C=O) groups excluding carboxylic acids is 3. The zero-order chi connectivity index (χ0) is 41.9. The van der Waals surface area contributed by atoms with Crippen LogP contribution >= 0.6 is 0 Å². The second kappa shape index (κ2) is 17.8. The molecule has 14 heteroatoms. The maximum absolute atomic E-state index is 15.5. The van der Waals surface area contributed by atoms with Crippen LogP contribution in [0.15, 0.2) is 54.7 Å². The largest absolute Gasteiger partial charge is 0.460 e. The number of esters is 1. The molecule has 2 aliphatic rings. The van der Waals surface area contributed by atoms with Gasteiger partial charge < -0.3 is 33.0 Å². The molecule has 2 aliphatic heterocycles. The van der Waals surface area contributed by atoms with Crippen molar-refractivity contribution in [3.8, 4) is 11.3 Å². The van der Waals surface area contributed by atoms with Crippen LogP contribution in [0.1, 0.15) is 85.7 Å². The number of nitrogens with zero attached hydrogens (tertiary/aromatic N) is 4. The van der Waals surface area contributed by atoms with Crippen LogP contribution in [0.2, 0.25) is 18.1 Å². The molecule has 3 heterocycles. The van der Waals surface area contributed by atoms with Gasteiger partial charge in [-0.15, -0.1) is 0 Å². The summed E-state index contributed by atoms with van der Waals surface area (Å²) in [5, 5.41) is -0.192. The molecule has 2 saturated heterocycles. The van der Waals surface area contributed by atoms with Gasteiger partial charge in [0.15, 0.2) is 8.32 Å². The van der Waals surface area contributed by atoms with Crippen molar-refractivity contribution in [2.45, 2.75) is 117 Å². The van der Waals surface area contributed by atoms with Gasteiger partial charge in [-0.2, -0.15) is 0 Å². The first-order valence-corrected chi connectivity index (χ1v) is 22.8. The fourth-order valence-electron chi connectivity index (χ4n) is 7.37. The predicted octanol–water partition coefficient (Wildman–Crippen LogP) is 8.38. The van der Waals surface area contributed by atoms with Crippen molar-refractivity contribution in [2.75, 3.05) is 32.8 Å². The highest BCUT2D eigenvalue weighted by molar-refractivity contribution is 6.74. The SMILES string of the molecule is CC(=O)OC1CN(C(=O)OC(C)(C)C)CC1CN(C(=O)[C@H](C)O[Si](C)(C)C(C)(C)C)C(c1nc(-c2cc(F)ccc2F)cn1Cc1ccccc1)C1CCOCC1. The number of ether oxygens (including phenoxy) is 3. The number of hydrogen-bond acceptors (Lipinski definition) is 8. The second-order valence-corrected chi connectivity index (χ2v) is 22.7. The summed E-state index contributed by atoms with van der Waals surface area (Å²) in [4.78, 5) is 49.6. The Kier molecular flexibility index (Phi) is 13.7. The van der Waals surface area contributed by atoms with E-state index in [1.165, 1.54) is 11.8 Å². The molecule has 5 rings (SSSR count). The number of amides is 2. The molecule has 2 aromatic carbocycles. The van der Waals surface area contributed by atoms with Crippen molar-refractivity contribution in [3.63, 3.8) is 0 Å². The molecule has 4 atom stereocenters. The first-order valence-electron chi connectivity index (χ1n) is 19.9. The van der Waals surface area contributed by atoms with Crippen molar-refractivity contribution < 1.29 is 41.8 Å². The Hall–Kier alpha value is -4.14. The fourth-order valence-corrected chi connectivity index (χ4v) is 8.71. The minimum atomic E-state index is -2.48. The van der Waals surface area contributed by atoms with Crippen LogP contribution in [0.3, 0.4) is 0 Å². The van der Waals surface area contributed by atoms with Crippen LogP contribution in [0.5, 0.6) is 0 Å². The number of halogens is 2. The summed E-state index contributed by atoms with van der Waals surface area (Å²) in [6.45, 7) is 20.5. The molecule has 3 unspecified atom stereocenters. The Bertz CT molecular complexity index is 1870. The average Bonchev–Trinajstić information content (AvgIpc) is 3.71. The van der Waals surface area contributed by atoms with E-state index in [-0.39, 0.29) is 47.8 Å². The number of carbonyl (C=O) groups is 3. The van der Waals surface area contributed by atoms with Gasteiger partial charge in [0.2, 0.25) is 0 Å². The molecule has 0 radical (unpaired) electrons. The standard InChI is InChI=1S/C43H60F2N4O7Si/c1-28(56-57(9,10)43(6,7)8)40(51)49(25-32-24-48(27-37(32)54-29(2)50)41(52)55-42(3,4)5)38(31-18-20-53-21-19-31)39-46-36(34-22-33(44)16-17-35(34)45)26-47(39)23-30-14-12-11-13-15-30/h11-17,22,26,28,31-32,37-38H,18-21,23-25,27H2,1-10H3/t28-,32?,37?,38?/m0/s1. The number of hydrogen-bond donors (Lipinski definition) is 0. The molecule has 0 aliphatic carbocycles. The maximum Gasteiger partial charge on any atom is 0.410 e. The number of likely N-dealkylation sites (tertiary alicyclic amines) is 1. The van der Waals surface area contributed by atoms with Gasteiger partial charge in [-0.05, 0) is 88.3 Å². The maximum atomic E-state index is 15.5. The Balaban J connectivity index is 1.68. The van der Waals surface area contributed by atoms with Crippen molar-refractivity contribution in [1.29, 1.82) is 0 Å². The summed E-state index contributed by atoms with van der Waals surface area (Å²) in [5.74, 6) is -2.22. The summed E-state index contributed by atoms with van der Waals surface area (Å²) in [6, 6.07) is 12.3. The van der Waals surface area contributed by atoms with Crippen LogP contribution < -0.4 is 0 Å². The van der Waals surface area contributed by atoms with Gasteiger partial charge >= 0.3 is 12.1 Å². The van der Waals surface area contributed by atoms with Crippen LogP contribution in [0, 0.1) is 23.5 Å². The Morgan fingerprint density at radius 3 is 2.28 bits per heavy atom. The van der Waals surface area contributed by atoms with Crippen molar-refractivity contribution in [3.05, 3.63) is 77.8 Å². The van der Waals surface area contributed by atoms with Crippen LogP contribution in [-0.2, 0) is 34.8 Å². The minimum absolute atomic E-state index is 0.0000107. The molecule has 3 aromatic rings. The monoisotopic (exact) mass is 810 g/mol. The van der Waals surface area contributed by atoms with Gasteiger partial charge in [0.05, 0.1) is 18.3 Å². The summed E-state index contributed by atoms with van der Waals surface area (Å²) in [5.41, 5.74) is 0.412. The molecule has 0 spiro atoms. The topological polar surface area (TPSA) is 112 Å². The normalized spacial score (nSPS) is 19.3. The lowest BCUT2D eigenvalue weighted by molar-refractivity contribution is -0.150. The average molecular weight is 811 g/mol. The molecule has 0 bridgehead atoms. The Morgan fingerprint density at radius 2 is 1.67 bits per heavy atom. The smallest absolute Gasteiger partial charge is 0.410 e. The third-order valence-corrected chi connectivity index (χ3v) is 15.8. The predicted molar refractivity (Wildman–Crippen MR) is 216 cm³/mol. The highest BCUT2D eigenvalue weighted by Crippen LogP contribution is 2.41. The first kappa shape index (κ1) is 44.0. The lowest BCUT2D eigenvalue weighted by atomic mass is 9.88. The third kappa shape index (κ3) is 11.1. The van der Waals surface area contributed by atoms with Crippen LogP contribution in [0.25, 0.3) is 11.3 Å². The molecular formula is C43H60F2N4O7Si. The van der Waals surface area contributed by atoms with Crippen molar-refractivity contribution >= 4 is 26.3 Å². The number of benzene rings is 2. The molecular weight excluding hydrogens is 751 g/mol. The van der Waals surface area contributed by atoms with Gasteiger partial charge in [-0.25, -0.2) is 18.6 Å². The molecule has 0 N–H and O–H groups in total. The number of aromatic nitrogens is 2. The zero-order valence-electron chi connectivity index (χ0n) is 35.1. The van der Waals surface area contributed by atoms with Crippen LogP contribution in [-0.4, -0.2) is 96.3 Å². The summed E-state index contributed by atoms with van der Waals surface area (Å²) in [7, 11) is -2.48. The number of rotatable bonds is 12. The molecule has 2 fully saturated rings. The lowest BCUT2D eigenvalue weighted by Crippen LogP contribution is -2.52. The minimum Gasteiger partial charge on any atom is -0.460 e. The highest BCUT2D eigenvalue weighted by Gasteiger charge is 2.47. The quantitative estimate of drug-likeness (QED) is 0.133. The van der Waals surface area contributed by atoms with E-state index in [0.29, 0.717) is 38.4 Å². The van der Waals surface area contributed by atoms with E-state index in [1.807, 2.05) is 34.9 Å². The lowest BCUT2D eigenvalue weighted by Gasteiger charge is -2.43. The fraction of sp³-hybridized carbons (Fsp3) is 0.581. The van der Waals surface area contributed by atoms with Gasteiger partial charge in [0, 0.05) is 57.4 Å². The second-order valence-electron chi connectivity index (χ2n) is 17.9. The highest BCUT2D eigenvalue weighted by atomic mass is 28.4. The van der Waals surface area contributed by atoms with E-state index in [4.69, 9.17) is 23.6 Å². The first-order chi connectivity index (χ1) is 26.6. The molecule has 1 aromatic heterocycles. The molecule has 2 amide bonds. The van der Waals surface area contributed by atoms with E-state index in [0.717, 1.165) is 23.8 Å². The van der Waals surface area contributed by atoms with E-state index in [1.54, 1.807) is 38.8 Å². The molecule has 312 valence electrons. The third-order valence-electron chi connectivity index (χ3n) is 11.2. The van der Waals surface area contributed by atoms with Crippen LogP contribution in [0.4, 0.5) is 13.6 Å². The molecule has 11 nitrogen and oxygen atoms in total. The van der Waals surface area contributed by atoms with Gasteiger partial charge in [-0.3, -0.25) is 9.59 Å². The van der Waals surface area contributed by atoms with Crippen molar-refractivity contribution in [1.82, 2.24) is 19.4 Å². The van der Waals surface area contributed by atoms with E-state index < -0.39 is 61.8 Å².